The van der Waals surface area contributed by atoms with E-state index in [-0.39, 0.29) is 0 Å². The van der Waals surface area contributed by atoms with Gasteiger partial charge < -0.3 is 15.0 Å². The van der Waals surface area contributed by atoms with Crippen LogP contribution in [0.4, 0.5) is 0 Å². The minimum atomic E-state index is 0.684. The summed E-state index contributed by atoms with van der Waals surface area (Å²) in [5.74, 6) is 2.00. The molecule has 0 amide bonds. The maximum Gasteiger partial charge on any atom is 0.193 e. The fourth-order valence-corrected chi connectivity index (χ4v) is 3.12. The van der Waals surface area contributed by atoms with Crippen molar-refractivity contribution < 1.29 is 4.74 Å². The molecule has 114 valence electrons. The quantitative estimate of drug-likeness (QED) is 0.610. The molecule has 0 bridgehead atoms. The second-order valence-electron chi connectivity index (χ2n) is 6.17. The lowest BCUT2D eigenvalue weighted by molar-refractivity contribution is 0.0195. The molecule has 2 heterocycles. The first kappa shape index (κ1) is 14.1. The first-order chi connectivity index (χ1) is 9.86. The molecule has 1 saturated carbocycles. The van der Waals surface area contributed by atoms with Crippen LogP contribution in [0.15, 0.2) is 4.99 Å². The van der Waals surface area contributed by atoms with E-state index in [1.807, 2.05) is 0 Å². The van der Waals surface area contributed by atoms with Gasteiger partial charge in [-0.3, -0.25) is 9.89 Å². The highest BCUT2D eigenvalue weighted by Gasteiger charge is 2.30. The Balaban J connectivity index is 1.53. The monoisotopic (exact) mass is 280 g/mol. The molecular formula is C15H28N4O. The molecule has 3 fully saturated rings. The van der Waals surface area contributed by atoms with Gasteiger partial charge >= 0.3 is 0 Å². The van der Waals surface area contributed by atoms with Crippen LogP contribution in [0.5, 0.6) is 0 Å². The molecule has 0 aromatic carbocycles. The van der Waals surface area contributed by atoms with Gasteiger partial charge in [0.1, 0.15) is 0 Å². The highest BCUT2D eigenvalue weighted by molar-refractivity contribution is 5.80. The topological polar surface area (TPSA) is 40.1 Å². The molecular weight excluding hydrogens is 252 g/mol. The summed E-state index contributed by atoms with van der Waals surface area (Å²) in [5.41, 5.74) is 0. The van der Waals surface area contributed by atoms with E-state index in [2.05, 4.69) is 22.0 Å². The lowest BCUT2D eigenvalue weighted by Crippen LogP contribution is -2.46. The van der Waals surface area contributed by atoms with Crippen LogP contribution in [0, 0.1) is 5.92 Å². The van der Waals surface area contributed by atoms with E-state index in [9.17, 15) is 0 Å². The third-order valence-corrected chi connectivity index (χ3v) is 4.56. The molecule has 0 aromatic rings. The number of likely N-dealkylation sites (tertiary alicyclic amines) is 1. The third kappa shape index (κ3) is 3.64. The number of hydrogen-bond acceptors (Lipinski definition) is 3. The summed E-state index contributed by atoms with van der Waals surface area (Å²) >= 11 is 0. The predicted octanol–water partition coefficient (Wildman–Crippen LogP) is 0.768. The minimum Gasteiger partial charge on any atom is -0.379 e. The van der Waals surface area contributed by atoms with Gasteiger partial charge in [0.05, 0.1) is 13.2 Å². The molecule has 20 heavy (non-hydrogen) atoms. The molecule has 1 aliphatic carbocycles. The highest BCUT2D eigenvalue weighted by Crippen LogP contribution is 2.29. The van der Waals surface area contributed by atoms with Gasteiger partial charge in [-0.05, 0) is 32.1 Å². The highest BCUT2D eigenvalue weighted by atomic mass is 16.5. The minimum absolute atomic E-state index is 0.684. The van der Waals surface area contributed by atoms with E-state index in [1.165, 1.54) is 19.3 Å². The van der Waals surface area contributed by atoms with E-state index in [4.69, 9.17) is 9.73 Å². The average Bonchev–Trinajstić information content (AvgIpc) is 3.19. The number of nitrogens with zero attached hydrogens (tertiary/aromatic N) is 3. The molecule has 1 N–H and O–H groups in total. The number of ether oxygens (including phenoxy) is 1. The molecule has 5 nitrogen and oxygen atoms in total. The normalized spacial score (nSPS) is 28.9. The Hall–Kier alpha value is -0.810. The van der Waals surface area contributed by atoms with Gasteiger partial charge in [-0.25, -0.2) is 0 Å². The molecule has 0 radical (unpaired) electrons. The zero-order valence-electron chi connectivity index (χ0n) is 12.7. The zero-order valence-corrected chi connectivity index (χ0v) is 12.7. The van der Waals surface area contributed by atoms with Crippen LogP contribution in [0.2, 0.25) is 0 Å². The van der Waals surface area contributed by atoms with Crippen LogP contribution in [0.3, 0.4) is 0 Å². The van der Waals surface area contributed by atoms with Gasteiger partial charge in [0.25, 0.3) is 0 Å². The van der Waals surface area contributed by atoms with Crippen molar-refractivity contribution in [3.8, 4) is 0 Å². The Labute approximate surface area is 122 Å². The first-order valence-electron chi connectivity index (χ1n) is 8.22. The molecule has 0 aromatic heterocycles. The molecule has 2 saturated heterocycles. The Morgan fingerprint density at radius 2 is 2.00 bits per heavy atom. The number of morpholine rings is 1. The lowest BCUT2D eigenvalue weighted by atomic mass is 10.2. The van der Waals surface area contributed by atoms with Gasteiger partial charge in [0.15, 0.2) is 5.96 Å². The SMILES string of the molecule is CCNC(=NCC1CC1)N1CCC(N2CCOCC2)C1. The van der Waals surface area contributed by atoms with Crippen molar-refractivity contribution in [2.24, 2.45) is 10.9 Å². The van der Waals surface area contributed by atoms with Crippen molar-refractivity contribution in [1.82, 2.24) is 15.1 Å². The zero-order chi connectivity index (χ0) is 13.8. The number of hydrogen-bond donors (Lipinski definition) is 1. The Bertz CT molecular complexity index is 337. The predicted molar refractivity (Wildman–Crippen MR) is 81.1 cm³/mol. The van der Waals surface area contributed by atoms with Gasteiger partial charge in [0, 0.05) is 45.3 Å². The molecule has 3 aliphatic rings. The van der Waals surface area contributed by atoms with Crippen LogP contribution in [0.1, 0.15) is 26.2 Å². The summed E-state index contributed by atoms with van der Waals surface area (Å²) < 4.78 is 5.45. The standard InChI is InChI=1S/C15H28N4O/c1-2-16-15(17-11-13-3-4-13)19-6-5-14(12-19)18-7-9-20-10-8-18/h13-14H,2-12H2,1H3,(H,16,17). The van der Waals surface area contributed by atoms with Crippen LogP contribution >= 0.6 is 0 Å². The smallest absolute Gasteiger partial charge is 0.193 e. The summed E-state index contributed by atoms with van der Waals surface area (Å²) in [6, 6.07) is 0.684. The van der Waals surface area contributed by atoms with Crippen molar-refractivity contribution in [2.75, 3.05) is 52.5 Å². The fourth-order valence-electron chi connectivity index (χ4n) is 3.12. The number of aliphatic imine (C=N–C) groups is 1. The van der Waals surface area contributed by atoms with E-state index < -0.39 is 0 Å². The summed E-state index contributed by atoms with van der Waals surface area (Å²) in [4.78, 5) is 9.87. The lowest BCUT2D eigenvalue weighted by Gasteiger charge is -2.32. The molecule has 1 atom stereocenters. The van der Waals surface area contributed by atoms with Gasteiger partial charge in [0.2, 0.25) is 0 Å². The molecule has 0 spiro atoms. The van der Waals surface area contributed by atoms with Crippen molar-refractivity contribution >= 4 is 5.96 Å². The molecule has 1 unspecified atom stereocenters. The second-order valence-corrected chi connectivity index (χ2v) is 6.17. The summed E-state index contributed by atoms with van der Waals surface area (Å²) in [6.45, 7) is 10.4. The van der Waals surface area contributed by atoms with E-state index in [0.717, 1.165) is 64.4 Å². The average molecular weight is 280 g/mol. The van der Waals surface area contributed by atoms with Crippen LogP contribution in [-0.2, 0) is 4.74 Å². The largest absolute Gasteiger partial charge is 0.379 e. The number of nitrogens with one attached hydrogen (secondary N) is 1. The maximum atomic E-state index is 5.45. The van der Waals surface area contributed by atoms with Crippen molar-refractivity contribution in [3.05, 3.63) is 0 Å². The number of guanidine groups is 1. The first-order valence-corrected chi connectivity index (χ1v) is 8.22. The number of rotatable bonds is 4. The van der Waals surface area contributed by atoms with Crippen LogP contribution < -0.4 is 5.32 Å². The van der Waals surface area contributed by atoms with Crippen molar-refractivity contribution in [3.63, 3.8) is 0 Å². The Morgan fingerprint density at radius 3 is 2.70 bits per heavy atom. The Morgan fingerprint density at radius 1 is 1.20 bits per heavy atom. The molecule has 3 rings (SSSR count). The van der Waals surface area contributed by atoms with Crippen molar-refractivity contribution in [1.29, 1.82) is 0 Å². The summed E-state index contributed by atoms with van der Waals surface area (Å²) in [6.07, 6.45) is 4.01. The van der Waals surface area contributed by atoms with E-state index in [0.29, 0.717) is 6.04 Å². The van der Waals surface area contributed by atoms with Crippen LogP contribution in [-0.4, -0.2) is 74.3 Å². The summed E-state index contributed by atoms with van der Waals surface area (Å²) in [5, 5.41) is 3.46. The maximum absolute atomic E-state index is 5.45. The Kier molecular flexibility index (Phi) is 4.78. The van der Waals surface area contributed by atoms with E-state index in [1.54, 1.807) is 0 Å². The summed E-state index contributed by atoms with van der Waals surface area (Å²) in [7, 11) is 0. The third-order valence-electron chi connectivity index (χ3n) is 4.56. The van der Waals surface area contributed by atoms with Gasteiger partial charge in [-0.15, -0.1) is 0 Å². The van der Waals surface area contributed by atoms with Crippen LogP contribution in [0.25, 0.3) is 0 Å². The van der Waals surface area contributed by atoms with Gasteiger partial charge in [-0.2, -0.15) is 0 Å². The van der Waals surface area contributed by atoms with Crippen molar-refractivity contribution in [2.45, 2.75) is 32.2 Å². The molecule has 5 heteroatoms. The van der Waals surface area contributed by atoms with Gasteiger partial charge in [-0.1, -0.05) is 0 Å². The molecule has 2 aliphatic heterocycles. The fraction of sp³-hybridized carbons (Fsp3) is 0.933. The van der Waals surface area contributed by atoms with E-state index >= 15 is 0 Å². The second kappa shape index (κ2) is 6.76.